The molecule has 2 unspecified atom stereocenters. The summed E-state index contributed by atoms with van der Waals surface area (Å²) in [6, 6.07) is 6.81. The van der Waals surface area contributed by atoms with Crippen molar-refractivity contribution in [2.45, 2.75) is 31.3 Å². The van der Waals surface area contributed by atoms with Crippen molar-refractivity contribution in [1.29, 1.82) is 0 Å². The smallest absolute Gasteiger partial charge is 0.241 e. The molecule has 6 heteroatoms. The third-order valence-corrected chi connectivity index (χ3v) is 5.01. The van der Waals surface area contributed by atoms with Gasteiger partial charge in [-0.05, 0) is 25.3 Å². The van der Waals surface area contributed by atoms with Crippen molar-refractivity contribution in [2.75, 3.05) is 33.8 Å². The summed E-state index contributed by atoms with van der Waals surface area (Å²) >= 11 is 0. The average molecular weight is 331 g/mol. The van der Waals surface area contributed by atoms with E-state index in [2.05, 4.69) is 5.32 Å². The monoisotopic (exact) mass is 331 g/mol. The molecular weight excluding hydrogens is 306 g/mol. The highest BCUT2D eigenvalue weighted by Crippen LogP contribution is 2.35. The van der Waals surface area contributed by atoms with Gasteiger partial charge in [0.25, 0.3) is 0 Å². The highest BCUT2D eigenvalue weighted by atomic mass is 16.5. The predicted molar refractivity (Wildman–Crippen MR) is 90.7 cm³/mol. The van der Waals surface area contributed by atoms with Crippen molar-refractivity contribution >= 4 is 11.8 Å². The number of carbonyl (C=O) groups excluding carboxylic acids is 2. The van der Waals surface area contributed by atoms with Crippen LogP contribution in [0, 0.1) is 0 Å². The summed E-state index contributed by atoms with van der Waals surface area (Å²) < 4.78 is 5.45. The molecule has 0 saturated carbocycles. The summed E-state index contributed by atoms with van der Waals surface area (Å²) in [7, 11) is 3.24. The van der Waals surface area contributed by atoms with Gasteiger partial charge in [0.05, 0.1) is 13.2 Å². The van der Waals surface area contributed by atoms with Gasteiger partial charge in [-0.3, -0.25) is 14.5 Å². The largest absolute Gasteiger partial charge is 0.496 e. The van der Waals surface area contributed by atoms with Crippen LogP contribution in [0.15, 0.2) is 24.3 Å². The van der Waals surface area contributed by atoms with Gasteiger partial charge in [0.15, 0.2) is 0 Å². The number of methoxy groups -OCH3 is 1. The second-order valence-electron chi connectivity index (χ2n) is 6.33. The van der Waals surface area contributed by atoms with Crippen LogP contribution in [0.25, 0.3) is 0 Å². The number of likely N-dealkylation sites (N-methyl/N-ethyl adjacent to an activating group) is 1. The van der Waals surface area contributed by atoms with E-state index >= 15 is 0 Å². The fourth-order valence-electron chi connectivity index (χ4n) is 3.61. The minimum atomic E-state index is -0.510. The standard InChI is InChI=1S/C18H25N3O3/c1-19-17(22)16(13-7-3-4-9-15(13)24-2)21-12-5-8-14(21)18(23)20-10-6-11-20/h3-4,7,9,14,16H,5-6,8,10-12H2,1-2H3,(H,19,22). The molecule has 0 aliphatic carbocycles. The summed E-state index contributed by atoms with van der Waals surface area (Å²) in [5, 5.41) is 2.75. The molecule has 2 amide bonds. The summed E-state index contributed by atoms with van der Waals surface area (Å²) in [6.45, 7) is 2.41. The molecule has 130 valence electrons. The van der Waals surface area contributed by atoms with Crippen LogP contribution in [0.4, 0.5) is 0 Å². The highest BCUT2D eigenvalue weighted by molar-refractivity contribution is 5.87. The summed E-state index contributed by atoms with van der Waals surface area (Å²) in [5.74, 6) is 0.721. The first-order valence-electron chi connectivity index (χ1n) is 8.56. The predicted octanol–water partition coefficient (Wildman–Crippen LogP) is 1.18. The van der Waals surface area contributed by atoms with Crippen molar-refractivity contribution in [3.05, 3.63) is 29.8 Å². The number of carbonyl (C=O) groups is 2. The topological polar surface area (TPSA) is 61.9 Å². The van der Waals surface area contributed by atoms with Gasteiger partial charge in [0, 0.05) is 32.2 Å². The third-order valence-electron chi connectivity index (χ3n) is 5.01. The van der Waals surface area contributed by atoms with E-state index in [-0.39, 0.29) is 17.9 Å². The number of hydrogen-bond acceptors (Lipinski definition) is 4. The van der Waals surface area contributed by atoms with Crippen LogP contribution in [0.1, 0.15) is 30.9 Å². The third kappa shape index (κ3) is 2.98. The fraction of sp³-hybridized carbons (Fsp3) is 0.556. The van der Waals surface area contributed by atoms with Crippen LogP contribution in [0.3, 0.4) is 0 Å². The number of likely N-dealkylation sites (tertiary alicyclic amines) is 2. The maximum Gasteiger partial charge on any atom is 0.241 e. The van der Waals surface area contributed by atoms with Crippen molar-refractivity contribution < 1.29 is 14.3 Å². The van der Waals surface area contributed by atoms with Crippen molar-refractivity contribution in [2.24, 2.45) is 0 Å². The molecule has 0 bridgehead atoms. The summed E-state index contributed by atoms with van der Waals surface area (Å²) in [6.07, 6.45) is 2.80. The first kappa shape index (κ1) is 16.8. The number of nitrogens with one attached hydrogen (secondary N) is 1. The Balaban J connectivity index is 1.93. The molecule has 6 nitrogen and oxygen atoms in total. The van der Waals surface area contributed by atoms with E-state index < -0.39 is 6.04 Å². The molecule has 2 fully saturated rings. The van der Waals surface area contributed by atoms with Gasteiger partial charge in [0.1, 0.15) is 11.8 Å². The highest BCUT2D eigenvalue weighted by Gasteiger charge is 2.42. The molecule has 0 radical (unpaired) electrons. The van der Waals surface area contributed by atoms with Gasteiger partial charge in [-0.1, -0.05) is 18.2 Å². The number of hydrogen-bond donors (Lipinski definition) is 1. The lowest BCUT2D eigenvalue weighted by Gasteiger charge is -2.38. The zero-order valence-corrected chi connectivity index (χ0v) is 14.3. The number of para-hydroxylation sites is 1. The SMILES string of the molecule is CNC(=O)C(c1ccccc1OC)N1CCCC1C(=O)N1CCC1. The molecule has 0 spiro atoms. The fourth-order valence-corrected chi connectivity index (χ4v) is 3.61. The number of rotatable bonds is 5. The van der Waals surface area contributed by atoms with Crippen molar-refractivity contribution in [3.63, 3.8) is 0 Å². The normalized spacial score (nSPS) is 21.9. The zero-order valence-electron chi connectivity index (χ0n) is 14.3. The summed E-state index contributed by atoms with van der Waals surface area (Å²) in [5.41, 5.74) is 0.808. The number of ether oxygens (including phenoxy) is 1. The Bertz CT molecular complexity index is 615. The Labute approximate surface area is 142 Å². The molecule has 2 heterocycles. The maximum absolute atomic E-state index is 12.8. The number of amides is 2. The zero-order chi connectivity index (χ0) is 17.1. The molecule has 0 aromatic heterocycles. The van der Waals surface area contributed by atoms with E-state index in [1.54, 1.807) is 14.2 Å². The van der Waals surface area contributed by atoms with Crippen LogP contribution in [0.5, 0.6) is 5.75 Å². The Morgan fingerprint density at radius 3 is 2.58 bits per heavy atom. The first-order valence-corrected chi connectivity index (χ1v) is 8.56. The lowest BCUT2D eigenvalue weighted by atomic mass is 10.0. The van der Waals surface area contributed by atoms with Crippen molar-refractivity contribution in [1.82, 2.24) is 15.1 Å². The number of nitrogens with zero attached hydrogens (tertiary/aromatic N) is 2. The molecule has 1 aromatic carbocycles. The van der Waals surface area contributed by atoms with E-state index in [9.17, 15) is 9.59 Å². The number of benzene rings is 1. The second kappa shape index (κ2) is 7.21. The Morgan fingerprint density at radius 2 is 1.96 bits per heavy atom. The van der Waals surface area contributed by atoms with Gasteiger partial charge >= 0.3 is 0 Å². The molecule has 1 aromatic rings. The quantitative estimate of drug-likeness (QED) is 0.880. The van der Waals surface area contributed by atoms with Crippen LogP contribution in [-0.2, 0) is 9.59 Å². The maximum atomic E-state index is 12.8. The molecule has 24 heavy (non-hydrogen) atoms. The second-order valence-corrected chi connectivity index (χ2v) is 6.33. The van der Waals surface area contributed by atoms with Gasteiger partial charge < -0.3 is 15.0 Å². The first-order chi connectivity index (χ1) is 11.7. The summed E-state index contributed by atoms with van der Waals surface area (Å²) in [4.78, 5) is 29.4. The lowest BCUT2D eigenvalue weighted by molar-refractivity contribution is -0.141. The Hall–Kier alpha value is -2.08. The van der Waals surface area contributed by atoms with Crippen LogP contribution in [0.2, 0.25) is 0 Å². The van der Waals surface area contributed by atoms with Crippen LogP contribution in [-0.4, -0.2) is 61.4 Å². The molecule has 1 N–H and O–H groups in total. The molecule has 2 saturated heterocycles. The van der Waals surface area contributed by atoms with E-state index in [0.717, 1.165) is 44.5 Å². The van der Waals surface area contributed by atoms with Gasteiger partial charge in [-0.25, -0.2) is 0 Å². The van der Waals surface area contributed by atoms with Gasteiger partial charge in [-0.15, -0.1) is 0 Å². The molecule has 2 aliphatic heterocycles. The lowest BCUT2D eigenvalue weighted by Crippen LogP contribution is -2.53. The van der Waals surface area contributed by atoms with Gasteiger partial charge in [-0.2, -0.15) is 0 Å². The van der Waals surface area contributed by atoms with E-state index in [0.29, 0.717) is 5.75 Å². The average Bonchev–Trinajstić information content (AvgIpc) is 3.03. The Morgan fingerprint density at radius 1 is 1.21 bits per heavy atom. The molecular formula is C18H25N3O3. The van der Waals surface area contributed by atoms with Gasteiger partial charge in [0.2, 0.25) is 11.8 Å². The molecule has 3 rings (SSSR count). The molecule has 2 atom stereocenters. The Kier molecular flexibility index (Phi) is 5.04. The molecule has 2 aliphatic rings. The van der Waals surface area contributed by atoms with E-state index in [1.165, 1.54) is 0 Å². The van der Waals surface area contributed by atoms with E-state index in [4.69, 9.17) is 4.74 Å². The van der Waals surface area contributed by atoms with Crippen LogP contribution < -0.4 is 10.1 Å². The van der Waals surface area contributed by atoms with Crippen LogP contribution >= 0.6 is 0 Å². The minimum Gasteiger partial charge on any atom is -0.496 e. The minimum absolute atomic E-state index is 0.109. The van der Waals surface area contributed by atoms with Crippen molar-refractivity contribution in [3.8, 4) is 5.75 Å². The van der Waals surface area contributed by atoms with E-state index in [1.807, 2.05) is 34.1 Å².